The summed E-state index contributed by atoms with van der Waals surface area (Å²) >= 11 is 0. The SMILES string of the molecule is Cl.Cl.Cl.NCCc1ccc(-c2ccc(CN3CCOCC3)cn2)cc1. The van der Waals surface area contributed by atoms with Gasteiger partial charge in [0, 0.05) is 31.4 Å². The van der Waals surface area contributed by atoms with Crippen LogP contribution in [0.15, 0.2) is 42.6 Å². The van der Waals surface area contributed by atoms with Crippen molar-refractivity contribution in [3.05, 3.63) is 53.7 Å². The van der Waals surface area contributed by atoms with Gasteiger partial charge in [-0.1, -0.05) is 30.3 Å². The maximum atomic E-state index is 5.58. The van der Waals surface area contributed by atoms with Gasteiger partial charge in [-0.05, 0) is 30.2 Å². The Labute approximate surface area is 168 Å². The van der Waals surface area contributed by atoms with E-state index in [2.05, 4.69) is 46.3 Å². The van der Waals surface area contributed by atoms with Gasteiger partial charge >= 0.3 is 0 Å². The van der Waals surface area contributed by atoms with E-state index < -0.39 is 0 Å². The average Bonchev–Trinajstić information content (AvgIpc) is 2.58. The fourth-order valence-corrected chi connectivity index (χ4v) is 2.72. The fraction of sp³-hybridized carbons (Fsp3) is 0.389. The van der Waals surface area contributed by atoms with Gasteiger partial charge in [-0.2, -0.15) is 0 Å². The van der Waals surface area contributed by atoms with Crippen LogP contribution in [-0.4, -0.2) is 42.7 Å². The zero-order valence-electron chi connectivity index (χ0n) is 14.1. The summed E-state index contributed by atoms with van der Waals surface area (Å²) < 4.78 is 5.38. The van der Waals surface area contributed by atoms with Gasteiger partial charge in [0.2, 0.25) is 0 Å². The van der Waals surface area contributed by atoms with E-state index in [9.17, 15) is 0 Å². The largest absolute Gasteiger partial charge is 0.379 e. The minimum absolute atomic E-state index is 0. The molecule has 0 aliphatic carbocycles. The Morgan fingerprint density at radius 3 is 2.12 bits per heavy atom. The first-order chi connectivity index (χ1) is 10.8. The van der Waals surface area contributed by atoms with Crippen LogP contribution >= 0.6 is 37.2 Å². The van der Waals surface area contributed by atoms with Crippen LogP contribution in [0.1, 0.15) is 11.1 Å². The van der Waals surface area contributed by atoms with Crippen LogP contribution in [0.5, 0.6) is 0 Å². The Morgan fingerprint density at radius 1 is 0.920 bits per heavy atom. The highest BCUT2D eigenvalue weighted by molar-refractivity contribution is 5.86. The number of nitrogens with two attached hydrogens (primary N) is 1. The van der Waals surface area contributed by atoms with Gasteiger partial charge in [-0.3, -0.25) is 9.88 Å². The number of morpholine rings is 1. The van der Waals surface area contributed by atoms with Gasteiger partial charge in [0.15, 0.2) is 0 Å². The van der Waals surface area contributed by atoms with Gasteiger partial charge in [0.05, 0.1) is 18.9 Å². The van der Waals surface area contributed by atoms with Crippen molar-refractivity contribution in [2.24, 2.45) is 5.73 Å². The van der Waals surface area contributed by atoms with Crippen molar-refractivity contribution in [3.8, 4) is 11.3 Å². The molecule has 1 aromatic carbocycles. The maximum Gasteiger partial charge on any atom is 0.0702 e. The molecule has 0 unspecified atom stereocenters. The molecule has 0 saturated carbocycles. The Bertz CT molecular complexity index is 588. The molecular weight excluding hydrogens is 381 g/mol. The molecule has 1 aliphatic rings. The van der Waals surface area contributed by atoms with Crippen molar-refractivity contribution in [1.29, 1.82) is 0 Å². The van der Waals surface area contributed by atoms with E-state index in [0.29, 0.717) is 6.54 Å². The molecule has 1 aromatic heterocycles. The Morgan fingerprint density at radius 2 is 1.56 bits per heavy atom. The van der Waals surface area contributed by atoms with Crippen LogP contribution in [0.25, 0.3) is 11.3 Å². The topological polar surface area (TPSA) is 51.4 Å². The third-order valence-electron chi connectivity index (χ3n) is 4.02. The Hall–Kier alpha value is -0.880. The number of rotatable bonds is 5. The predicted molar refractivity (Wildman–Crippen MR) is 110 cm³/mol. The molecular formula is C18H26Cl3N3O. The molecule has 2 aromatic rings. The maximum absolute atomic E-state index is 5.58. The summed E-state index contributed by atoms with van der Waals surface area (Å²) in [5.74, 6) is 0. The molecule has 0 spiro atoms. The summed E-state index contributed by atoms with van der Waals surface area (Å²) in [5.41, 5.74) is 10.3. The first-order valence-corrected chi connectivity index (χ1v) is 7.89. The highest BCUT2D eigenvalue weighted by Gasteiger charge is 2.10. The minimum Gasteiger partial charge on any atom is -0.379 e. The van der Waals surface area contributed by atoms with Gasteiger partial charge in [-0.15, -0.1) is 37.2 Å². The molecule has 7 heteroatoms. The number of hydrogen-bond acceptors (Lipinski definition) is 4. The third-order valence-corrected chi connectivity index (χ3v) is 4.02. The van der Waals surface area contributed by atoms with Crippen molar-refractivity contribution >= 4 is 37.2 Å². The van der Waals surface area contributed by atoms with E-state index in [0.717, 1.165) is 50.5 Å². The monoisotopic (exact) mass is 405 g/mol. The molecule has 2 N–H and O–H groups in total. The van der Waals surface area contributed by atoms with Gasteiger partial charge in [0.25, 0.3) is 0 Å². The summed E-state index contributed by atoms with van der Waals surface area (Å²) in [6.07, 6.45) is 2.91. The van der Waals surface area contributed by atoms with E-state index >= 15 is 0 Å². The first kappa shape index (κ1) is 24.1. The molecule has 140 valence electrons. The van der Waals surface area contributed by atoms with Crippen LogP contribution in [0.3, 0.4) is 0 Å². The second kappa shape index (κ2) is 12.5. The summed E-state index contributed by atoms with van der Waals surface area (Å²) in [6, 6.07) is 12.8. The summed E-state index contributed by atoms with van der Waals surface area (Å²) in [7, 11) is 0. The Balaban J connectivity index is 0.00000192. The van der Waals surface area contributed by atoms with Crippen molar-refractivity contribution in [2.75, 3.05) is 32.8 Å². The standard InChI is InChI=1S/C18H23N3O.3ClH/c19-8-7-15-1-4-17(5-2-15)18-6-3-16(13-20-18)14-21-9-11-22-12-10-21;;;/h1-6,13H,7-12,14,19H2;3*1H. The summed E-state index contributed by atoms with van der Waals surface area (Å²) in [5, 5.41) is 0. The molecule has 3 rings (SSSR count). The highest BCUT2D eigenvalue weighted by atomic mass is 35.5. The van der Waals surface area contributed by atoms with E-state index in [4.69, 9.17) is 10.5 Å². The second-order valence-corrected chi connectivity index (χ2v) is 5.68. The first-order valence-electron chi connectivity index (χ1n) is 7.89. The summed E-state index contributed by atoms with van der Waals surface area (Å²) in [6.45, 7) is 5.32. The molecule has 0 radical (unpaired) electrons. The molecule has 2 heterocycles. The normalized spacial score (nSPS) is 14.0. The van der Waals surface area contributed by atoms with Crippen LogP contribution in [0.2, 0.25) is 0 Å². The van der Waals surface area contributed by atoms with E-state index in [1.165, 1.54) is 11.1 Å². The molecule has 1 aliphatic heterocycles. The lowest BCUT2D eigenvalue weighted by atomic mass is 10.1. The number of halogens is 3. The fourth-order valence-electron chi connectivity index (χ4n) is 2.72. The predicted octanol–water partition coefficient (Wildman–Crippen LogP) is 3.35. The molecule has 0 atom stereocenters. The highest BCUT2D eigenvalue weighted by Crippen LogP contribution is 2.18. The van der Waals surface area contributed by atoms with Crippen LogP contribution in [-0.2, 0) is 17.7 Å². The van der Waals surface area contributed by atoms with Crippen LogP contribution in [0.4, 0.5) is 0 Å². The Kier molecular flexibility index (Phi) is 12.0. The van der Waals surface area contributed by atoms with Crippen molar-refractivity contribution in [2.45, 2.75) is 13.0 Å². The van der Waals surface area contributed by atoms with Crippen LogP contribution < -0.4 is 5.73 Å². The molecule has 4 nitrogen and oxygen atoms in total. The third kappa shape index (κ3) is 7.10. The molecule has 0 bridgehead atoms. The average molecular weight is 407 g/mol. The lowest BCUT2D eigenvalue weighted by Crippen LogP contribution is -2.35. The van der Waals surface area contributed by atoms with Gasteiger partial charge in [0.1, 0.15) is 0 Å². The molecule has 1 saturated heterocycles. The van der Waals surface area contributed by atoms with E-state index in [1.54, 1.807) is 0 Å². The van der Waals surface area contributed by atoms with Crippen molar-refractivity contribution in [3.63, 3.8) is 0 Å². The van der Waals surface area contributed by atoms with Gasteiger partial charge < -0.3 is 10.5 Å². The van der Waals surface area contributed by atoms with Gasteiger partial charge in [-0.25, -0.2) is 0 Å². The number of aromatic nitrogens is 1. The molecule has 25 heavy (non-hydrogen) atoms. The number of benzene rings is 1. The zero-order valence-corrected chi connectivity index (χ0v) is 16.5. The summed E-state index contributed by atoms with van der Waals surface area (Å²) in [4.78, 5) is 7.01. The quantitative estimate of drug-likeness (QED) is 0.827. The second-order valence-electron chi connectivity index (χ2n) is 5.68. The zero-order chi connectivity index (χ0) is 15.2. The van der Waals surface area contributed by atoms with Crippen molar-refractivity contribution in [1.82, 2.24) is 9.88 Å². The number of pyridine rings is 1. The van der Waals surface area contributed by atoms with E-state index in [-0.39, 0.29) is 37.2 Å². The lowest BCUT2D eigenvalue weighted by molar-refractivity contribution is 0.0341. The number of nitrogens with zero attached hydrogens (tertiary/aromatic N) is 2. The van der Waals surface area contributed by atoms with Crippen molar-refractivity contribution < 1.29 is 4.74 Å². The number of ether oxygens (including phenoxy) is 1. The minimum atomic E-state index is 0. The van der Waals surface area contributed by atoms with Crippen LogP contribution in [0, 0.1) is 0 Å². The number of hydrogen-bond donors (Lipinski definition) is 1. The molecule has 1 fully saturated rings. The lowest BCUT2D eigenvalue weighted by Gasteiger charge is -2.26. The molecule has 0 amide bonds. The van der Waals surface area contributed by atoms with E-state index in [1.807, 2.05) is 6.20 Å². The smallest absolute Gasteiger partial charge is 0.0702 e.